The molecule has 1 atom stereocenters. The lowest BCUT2D eigenvalue weighted by Gasteiger charge is -2.21. The van der Waals surface area contributed by atoms with Crippen LogP contribution in [0.15, 0.2) is 35.1 Å². The van der Waals surface area contributed by atoms with E-state index in [1.165, 1.54) is 5.56 Å². The van der Waals surface area contributed by atoms with Crippen molar-refractivity contribution in [2.45, 2.75) is 19.5 Å². The standard InChI is InChI=1S/C14H19BrN4/c1-10(16)12-4-5-14(13(15)6-12)18(2)8-11-7-17-19(3)9-11/h4-7,9-10H,8,16H2,1-3H3/t10-/m1/s1. The van der Waals surface area contributed by atoms with Gasteiger partial charge in [0, 0.05) is 42.9 Å². The number of halogens is 1. The molecule has 0 aliphatic rings. The van der Waals surface area contributed by atoms with Crippen molar-refractivity contribution in [3.05, 3.63) is 46.2 Å². The number of aryl methyl sites for hydroxylation is 1. The third kappa shape index (κ3) is 3.36. The van der Waals surface area contributed by atoms with E-state index in [0.29, 0.717) is 0 Å². The Hall–Kier alpha value is -1.33. The van der Waals surface area contributed by atoms with E-state index in [1.54, 1.807) is 0 Å². The first-order valence-electron chi connectivity index (χ1n) is 6.21. The molecule has 0 spiro atoms. The van der Waals surface area contributed by atoms with E-state index in [1.807, 2.05) is 31.0 Å². The first-order chi connectivity index (χ1) is 8.97. The zero-order valence-corrected chi connectivity index (χ0v) is 13.1. The summed E-state index contributed by atoms with van der Waals surface area (Å²) in [6, 6.07) is 6.30. The molecule has 1 heterocycles. The number of nitrogens with two attached hydrogens (primary N) is 1. The van der Waals surface area contributed by atoms with E-state index >= 15 is 0 Å². The summed E-state index contributed by atoms with van der Waals surface area (Å²) in [6.07, 6.45) is 3.92. The molecular formula is C14H19BrN4. The normalized spacial score (nSPS) is 12.5. The molecular weight excluding hydrogens is 304 g/mol. The quantitative estimate of drug-likeness (QED) is 0.941. The number of benzene rings is 1. The molecule has 102 valence electrons. The van der Waals surface area contributed by atoms with Crippen LogP contribution in [-0.2, 0) is 13.6 Å². The first-order valence-corrected chi connectivity index (χ1v) is 7.00. The molecule has 1 aromatic carbocycles. The van der Waals surface area contributed by atoms with Crippen LogP contribution in [-0.4, -0.2) is 16.8 Å². The second kappa shape index (κ2) is 5.75. The Morgan fingerprint density at radius 3 is 2.74 bits per heavy atom. The van der Waals surface area contributed by atoms with E-state index < -0.39 is 0 Å². The average molecular weight is 323 g/mol. The molecule has 0 aliphatic heterocycles. The molecule has 0 unspecified atom stereocenters. The van der Waals surface area contributed by atoms with Gasteiger partial charge in [0.15, 0.2) is 0 Å². The number of hydrogen-bond donors (Lipinski definition) is 1. The number of nitrogens with zero attached hydrogens (tertiary/aromatic N) is 3. The maximum absolute atomic E-state index is 5.89. The van der Waals surface area contributed by atoms with Crippen molar-refractivity contribution in [1.29, 1.82) is 0 Å². The summed E-state index contributed by atoms with van der Waals surface area (Å²) in [4.78, 5) is 2.19. The van der Waals surface area contributed by atoms with E-state index in [-0.39, 0.29) is 6.04 Å². The molecule has 0 aliphatic carbocycles. The Balaban J connectivity index is 2.17. The van der Waals surface area contributed by atoms with Gasteiger partial charge in [-0.25, -0.2) is 0 Å². The molecule has 0 saturated carbocycles. The van der Waals surface area contributed by atoms with Crippen LogP contribution in [0, 0.1) is 0 Å². The maximum atomic E-state index is 5.89. The van der Waals surface area contributed by atoms with Gasteiger partial charge >= 0.3 is 0 Å². The summed E-state index contributed by atoms with van der Waals surface area (Å²) < 4.78 is 2.88. The van der Waals surface area contributed by atoms with Crippen molar-refractivity contribution in [3.63, 3.8) is 0 Å². The summed E-state index contributed by atoms with van der Waals surface area (Å²) >= 11 is 3.62. The highest BCUT2D eigenvalue weighted by Crippen LogP contribution is 2.29. The van der Waals surface area contributed by atoms with Gasteiger partial charge in [0.1, 0.15) is 0 Å². The zero-order valence-electron chi connectivity index (χ0n) is 11.5. The molecule has 19 heavy (non-hydrogen) atoms. The fourth-order valence-corrected chi connectivity index (χ4v) is 2.73. The predicted molar refractivity (Wildman–Crippen MR) is 82.1 cm³/mol. The summed E-state index contributed by atoms with van der Waals surface area (Å²) in [5.74, 6) is 0. The molecule has 4 nitrogen and oxygen atoms in total. The van der Waals surface area contributed by atoms with Crippen LogP contribution in [0.1, 0.15) is 24.1 Å². The van der Waals surface area contributed by atoms with Crippen LogP contribution in [0.25, 0.3) is 0 Å². The van der Waals surface area contributed by atoms with Crippen molar-refractivity contribution in [2.75, 3.05) is 11.9 Å². The lowest BCUT2D eigenvalue weighted by molar-refractivity contribution is 0.766. The van der Waals surface area contributed by atoms with Gasteiger partial charge in [-0.2, -0.15) is 5.10 Å². The topological polar surface area (TPSA) is 47.1 Å². The average Bonchev–Trinajstić information content (AvgIpc) is 2.74. The summed E-state index contributed by atoms with van der Waals surface area (Å²) in [6.45, 7) is 2.81. The van der Waals surface area contributed by atoms with E-state index in [2.05, 4.69) is 51.2 Å². The van der Waals surface area contributed by atoms with Crippen molar-refractivity contribution in [2.24, 2.45) is 12.8 Å². The molecule has 0 fully saturated rings. The van der Waals surface area contributed by atoms with Gasteiger partial charge in [-0.1, -0.05) is 6.07 Å². The van der Waals surface area contributed by atoms with Crippen LogP contribution in [0.3, 0.4) is 0 Å². The monoisotopic (exact) mass is 322 g/mol. The minimum absolute atomic E-state index is 0.0500. The van der Waals surface area contributed by atoms with Crippen LogP contribution in [0.5, 0.6) is 0 Å². The van der Waals surface area contributed by atoms with E-state index in [9.17, 15) is 0 Å². The Labute approximate surface area is 122 Å². The van der Waals surface area contributed by atoms with Crippen molar-refractivity contribution in [3.8, 4) is 0 Å². The SMILES string of the molecule is C[C@@H](N)c1ccc(N(C)Cc2cnn(C)c2)c(Br)c1. The molecule has 1 aromatic heterocycles. The van der Waals surface area contributed by atoms with Crippen LogP contribution in [0.4, 0.5) is 5.69 Å². The molecule has 2 aromatic rings. The zero-order chi connectivity index (χ0) is 14.0. The Bertz CT molecular complexity index is 562. The lowest BCUT2D eigenvalue weighted by atomic mass is 10.1. The third-order valence-electron chi connectivity index (χ3n) is 3.09. The van der Waals surface area contributed by atoms with E-state index in [4.69, 9.17) is 5.73 Å². The predicted octanol–water partition coefficient (Wildman–Crippen LogP) is 2.84. The summed E-state index contributed by atoms with van der Waals surface area (Å²) in [5, 5.41) is 4.18. The van der Waals surface area contributed by atoms with Gasteiger partial charge in [0.25, 0.3) is 0 Å². The molecule has 0 bridgehead atoms. The van der Waals surface area contributed by atoms with Crippen molar-refractivity contribution in [1.82, 2.24) is 9.78 Å². The fourth-order valence-electron chi connectivity index (χ4n) is 2.03. The first kappa shape index (κ1) is 14.1. The van der Waals surface area contributed by atoms with Gasteiger partial charge in [-0.15, -0.1) is 0 Å². The highest BCUT2D eigenvalue weighted by atomic mass is 79.9. The number of hydrogen-bond acceptors (Lipinski definition) is 3. The van der Waals surface area contributed by atoms with Crippen LogP contribution in [0.2, 0.25) is 0 Å². The van der Waals surface area contributed by atoms with Gasteiger partial charge in [-0.3, -0.25) is 4.68 Å². The minimum Gasteiger partial charge on any atom is -0.369 e. The number of rotatable bonds is 4. The van der Waals surface area contributed by atoms with Gasteiger partial charge in [-0.05, 0) is 40.5 Å². The highest BCUT2D eigenvalue weighted by Gasteiger charge is 2.09. The maximum Gasteiger partial charge on any atom is 0.0539 e. The van der Waals surface area contributed by atoms with Crippen molar-refractivity contribution < 1.29 is 0 Å². The smallest absolute Gasteiger partial charge is 0.0539 e. The Morgan fingerprint density at radius 1 is 1.47 bits per heavy atom. The van der Waals surface area contributed by atoms with Crippen molar-refractivity contribution >= 4 is 21.6 Å². The molecule has 5 heteroatoms. The largest absolute Gasteiger partial charge is 0.369 e. The second-order valence-electron chi connectivity index (χ2n) is 4.88. The van der Waals surface area contributed by atoms with Crippen LogP contribution < -0.4 is 10.6 Å². The van der Waals surface area contributed by atoms with Gasteiger partial charge in [0.2, 0.25) is 0 Å². The molecule has 2 N–H and O–H groups in total. The number of aromatic nitrogens is 2. The fraction of sp³-hybridized carbons (Fsp3) is 0.357. The van der Waals surface area contributed by atoms with Gasteiger partial charge < -0.3 is 10.6 Å². The third-order valence-corrected chi connectivity index (χ3v) is 3.72. The van der Waals surface area contributed by atoms with Crippen LogP contribution >= 0.6 is 15.9 Å². The summed E-state index contributed by atoms with van der Waals surface area (Å²) in [7, 11) is 4.00. The summed E-state index contributed by atoms with van der Waals surface area (Å²) in [5.41, 5.74) is 9.35. The molecule has 0 saturated heterocycles. The second-order valence-corrected chi connectivity index (χ2v) is 5.73. The molecule has 0 amide bonds. The lowest BCUT2D eigenvalue weighted by Crippen LogP contribution is -2.17. The minimum atomic E-state index is 0.0500. The highest BCUT2D eigenvalue weighted by molar-refractivity contribution is 9.10. The molecule has 0 radical (unpaired) electrons. The number of anilines is 1. The van der Waals surface area contributed by atoms with E-state index in [0.717, 1.165) is 22.3 Å². The molecule has 2 rings (SSSR count). The Kier molecular flexibility index (Phi) is 4.27. The van der Waals surface area contributed by atoms with Gasteiger partial charge in [0.05, 0.1) is 11.9 Å². The Morgan fingerprint density at radius 2 is 2.21 bits per heavy atom.